The molecule has 0 aliphatic rings. The summed E-state index contributed by atoms with van der Waals surface area (Å²) >= 11 is 0. The van der Waals surface area contributed by atoms with E-state index in [1.807, 2.05) is 4.72 Å². The molecule has 0 saturated carbocycles. The molecule has 0 saturated heterocycles. The average Bonchev–Trinajstić information content (AvgIpc) is 3.03. The van der Waals surface area contributed by atoms with Gasteiger partial charge in [-0.1, -0.05) is 11.2 Å². The quantitative estimate of drug-likeness (QED) is 0.693. The molecule has 2 aromatic carbocycles. The van der Waals surface area contributed by atoms with Crippen molar-refractivity contribution >= 4 is 27.4 Å². The number of rotatable bonds is 5. The third-order valence-electron chi connectivity index (χ3n) is 3.50. The van der Waals surface area contributed by atoms with Crippen LogP contribution in [-0.2, 0) is 10.0 Å². The fraction of sp³-hybridized carbons (Fsp3) is 0.0588. The van der Waals surface area contributed by atoms with Crippen molar-refractivity contribution in [2.75, 3.05) is 10.0 Å². The van der Waals surface area contributed by atoms with Gasteiger partial charge in [-0.3, -0.25) is 9.52 Å². The maximum absolute atomic E-state index is 13.6. The van der Waals surface area contributed by atoms with Gasteiger partial charge in [-0.2, -0.15) is 0 Å². The fourth-order valence-electron chi connectivity index (χ4n) is 2.19. The van der Waals surface area contributed by atoms with Gasteiger partial charge in [0.05, 0.1) is 4.90 Å². The molecule has 0 unspecified atom stereocenters. The lowest BCUT2D eigenvalue weighted by Crippen LogP contribution is -2.16. The Hall–Kier alpha value is -3.27. The molecule has 27 heavy (non-hydrogen) atoms. The Labute approximate surface area is 153 Å². The summed E-state index contributed by atoms with van der Waals surface area (Å²) in [7, 11) is -4.25. The Morgan fingerprint density at radius 3 is 2.26 bits per heavy atom. The first kappa shape index (κ1) is 18.5. The van der Waals surface area contributed by atoms with Gasteiger partial charge in [0.2, 0.25) is 0 Å². The number of aromatic nitrogens is 1. The number of para-hydroxylation sites is 1. The summed E-state index contributed by atoms with van der Waals surface area (Å²) < 4.78 is 58.6. The molecule has 1 amide bonds. The van der Waals surface area contributed by atoms with E-state index in [0.717, 1.165) is 30.3 Å². The second-order valence-corrected chi connectivity index (χ2v) is 7.19. The largest absolute Gasteiger partial charge is 0.360 e. The van der Waals surface area contributed by atoms with Crippen molar-refractivity contribution < 1.29 is 26.5 Å². The third-order valence-corrected chi connectivity index (χ3v) is 4.86. The summed E-state index contributed by atoms with van der Waals surface area (Å²) in [6, 6.07) is 9.30. The van der Waals surface area contributed by atoms with Gasteiger partial charge in [0.25, 0.3) is 15.9 Å². The van der Waals surface area contributed by atoms with E-state index in [1.54, 1.807) is 6.92 Å². The molecule has 0 spiro atoms. The van der Waals surface area contributed by atoms with E-state index in [2.05, 4.69) is 10.5 Å². The number of amides is 1. The van der Waals surface area contributed by atoms with Crippen molar-refractivity contribution in [2.45, 2.75) is 11.8 Å². The highest BCUT2D eigenvalue weighted by atomic mass is 32.2. The van der Waals surface area contributed by atoms with Gasteiger partial charge in [0.15, 0.2) is 5.82 Å². The molecule has 2 N–H and O–H groups in total. The molecule has 10 heteroatoms. The molecule has 1 heterocycles. The van der Waals surface area contributed by atoms with Crippen LogP contribution in [-0.4, -0.2) is 19.5 Å². The second-order valence-electron chi connectivity index (χ2n) is 5.50. The van der Waals surface area contributed by atoms with Crippen LogP contribution in [0, 0.1) is 18.6 Å². The van der Waals surface area contributed by atoms with Crippen LogP contribution < -0.4 is 10.0 Å². The molecule has 0 bridgehead atoms. The Balaban J connectivity index is 1.78. The standard InChI is InChI=1S/C17H13F2N3O4S/c1-10-9-15(21-26-10)20-17(23)11-5-7-12(8-6-11)27(24,25)22-16-13(18)3-2-4-14(16)19/h2-9,22H,1H3,(H,20,21,23). The van der Waals surface area contributed by atoms with Crippen LogP contribution in [0.4, 0.5) is 20.3 Å². The molecule has 0 aliphatic carbocycles. The number of sulfonamides is 1. The van der Waals surface area contributed by atoms with E-state index < -0.39 is 33.3 Å². The highest BCUT2D eigenvalue weighted by Gasteiger charge is 2.19. The molecular weight excluding hydrogens is 380 g/mol. The van der Waals surface area contributed by atoms with Crippen LogP contribution in [0.5, 0.6) is 0 Å². The number of carbonyl (C=O) groups is 1. The Kier molecular flexibility index (Phi) is 4.91. The van der Waals surface area contributed by atoms with Crippen molar-refractivity contribution in [2.24, 2.45) is 0 Å². The number of benzene rings is 2. The molecule has 0 radical (unpaired) electrons. The number of hydrogen-bond acceptors (Lipinski definition) is 5. The van der Waals surface area contributed by atoms with Crippen LogP contribution in [0.1, 0.15) is 16.1 Å². The Morgan fingerprint density at radius 1 is 1.07 bits per heavy atom. The maximum Gasteiger partial charge on any atom is 0.262 e. The van der Waals surface area contributed by atoms with Gasteiger partial charge in [0, 0.05) is 11.6 Å². The van der Waals surface area contributed by atoms with Crippen LogP contribution >= 0.6 is 0 Å². The van der Waals surface area contributed by atoms with E-state index in [4.69, 9.17) is 4.52 Å². The predicted octanol–water partition coefficient (Wildman–Crippen LogP) is 3.31. The summed E-state index contributed by atoms with van der Waals surface area (Å²) in [6.45, 7) is 1.66. The van der Waals surface area contributed by atoms with E-state index in [0.29, 0.717) is 5.76 Å². The molecule has 1 aromatic heterocycles. The van der Waals surface area contributed by atoms with Crippen LogP contribution in [0.2, 0.25) is 0 Å². The zero-order valence-corrected chi connectivity index (χ0v) is 14.7. The van der Waals surface area contributed by atoms with E-state index in [-0.39, 0.29) is 16.3 Å². The molecule has 0 aliphatic heterocycles. The van der Waals surface area contributed by atoms with E-state index in [9.17, 15) is 22.0 Å². The molecule has 3 rings (SSSR count). The highest BCUT2D eigenvalue weighted by Crippen LogP contribution is 2.22. The fourth-order valence-corrected chi connectivity index (χ4v) is 3.26. The summed E-state index contributed by atoms with van der Waals surface area (Å²) in [4.78, 5) is 11.8. The Bertz CT molecular complexity index is 1080. The minimum absolute atomic E-state index is 0.159. The van der Waals surface area contributed by atoms with E-state index >= 15 is 0 Å². The van der Waals surface area contributed by atoms with Gasteiger partial charge in [-0.25, -0.2) is 17.2 Å². The molecule has 0 atom stereocenters. The predicted molar refractivity (Wildman–Crippen MR) is 92.8 cm³/mol. The molecule has 3 aromatic rings. The third kappa shape index (κ3) is 4.11. The second kappa shape index (κ2) is 7.16. The van der Waals surface area contributed by atoms with Crippen LogP contribution in [0.3, 0.4) is 0 Å². The number of nitrogens with zero attached hydrogens (tertiary/aromatic N) is 1. The minimum Gasteiger partial charge on any atom is -0.360 e. The first-order chi connectivity index (χ1) is 12.8. The van der Waals surface area contributed by atoms with Crippen molar-refractivity contribution in [1.29, 1.82) is 0 Å². The van der Waals surface area contributed by atoms with Gasteiger partial charge in [-0.15, -0.1) is 0 Å². The molecular formula is C17H13F2N3O4S. The summed E-state index contributed by atoms with van der Waals surface area (Å²) in [5, 5.41) is 6.10. The highest BCUT2D eigenvalue weighted by molar-refractivity contribution is 7.92. The lowest BCUT2D eigenvalue weighted by molar-refractivity contribution is 0.102. The number of halogens is 2. The lowest BCUT2D eigenvalue weighted by Gasteiger charge is -2.10. The van der Waals surface area contributed by atoms with Crippen molar-refractivity contribution in [1.82, 2.24) is 5.16 Å². The molecule has 140 valence electrons. The monoisotopic (exact) mass is 393 g/mol. The zero-order valence-electron chi connectivity index (χ0n) is 13.9. The SMILES string of the molecule is Cc1cc(NC(=O)c2ccc(S(=O)(=O)Nc3c(F)cccc3F)cc2)no1. The van der Waals surface area contributed by atoms with Gasteiger partial charge in [0.1, 0.15) is 23.1 Å². The number of carbonyl (C=O) groups excluding carboxylic acids is 1. The molecule has 7 nitrogen and oxygen atoms in total. The zero-order chi connectivity index (χ0) is 19.6. The van der Waals surface area contributed by atoms with Gasteiger partial charge >= 0.3 is 0 Å². The summed E-state index contributed by atoms with van der Waals surface area (Å²) in [5.74, 6) is -1.89. The normalized spacial score (nSPS) is 11.2. The van der Waals surface area contributed by atoms with Gasteiger partial charge < -0.3 is 9.84 Å². The number of nitrogens with one attached hydrogen (secondary N) is 2. The number of hydrogen-bond donors (Lipinski definition) is 2. The van der Waals surface area contributed by atoms with Crippen molar-refractivity contribution in [3.05, 3.63) is 71.5 Å². The first-order valence-corrected chi connectivity index (χ1v) is 9.06. The summed E-state index contributed by atoms with van der Waals surface area (Å²) in [6.07, 6.45) is 0. The summed E-state index contributed by atoms with van der Waals surface area (Å²) in [5.41, 5.74) is -0.618. The topological polar surface area (TPSA) is 101 Å². The van der Waals surface area contributed by atoms with Crippen LogP contribution in [0.25, 0.3) is 0 Å². The molecule has 0 fully saturated rings. The number of anilines is 2. The maximum atomic E-state index is 13.6. The van der Waals surface area contributed by atoms with E-state index in [1.165, 1.54) is 18.2 Å². The smallest absolute Gasteiger partial charge is 0.262 e. The van der Waals surface area contributed by atoms with Crippen molar-refractivity contribution in [3.63, 3.8) is 0 Å². The van der Waals surface area contributed by atoms with Crippen LogP contribution in [0.15, 0.2) is 57.9 Å². The lowest BCUT2D eigenvalue weighted by atomic mass is 10.2. The average molecular weight is 393 g/mol. The van der Waals surface area contributed by atoms with Crippen molar-refractivity contribution in [3.8, 4) is 0 Å². The Morgan fingerprint density at radius 2 is 1.70 bits per heavy atom. The number of aryl methyl sites for hydroxylation is 1. The minimum atomic E-state index is -4.25. The van der Waals surface area contributed by atoms with Gasteiger partial charge in [-0.05, 0) is 43.3 Å². The first-order valence-electron chi connectivity index (χ1n) is 7.58.